The molecule has 0 aromatic heterocycles. The molecule has 0 rings (SSSR count). The lowest BCUT2D eigenvalue weighted by molar-refractivity contribution is 0.503. The van der Waals surface area contributed by atoms with E-state index in [9.17, 15) is 0 Å². The van der Waals surface area contributed by atoms with Crippen molar-refractivity contribution in [2.45, 2.75) is 45.2 Å². The minimum Gasteiger partial charge on any atom is -0.327 e. The van der Waals surface area contributed by atoms with Gasteiger partial charge in [-0.05, 0) is 13.3 Å². The van der Waals surface area contributed by atoms with Crippen LogP contribution in [0.1, 0.15) is 33.1 Å². The van der Waals surface area contributed by atoms with Crippen LogP contribution in [-0.2, 0) is 0 Å². The summed E-state index contributed by atoms with van der Waals surface area (Å²) in [4.78, 5) is 0. The van der Waals surface area contributed by atoms with Gasteiger partial charge in [0.1, 0.15) is 0 Å². The molecule has 0 aromatic rings. The Bertz CT molecular complexity index is 69.5. The van der Waals surface area contributed by atoms with E-state index in [-0.39, 0.29) is 36.9 Å². The number of rotatable bonds is 4. The van der Waals surface area contributed by atoms with Gasteiger partial charge in [-0.15, -0.1) is 24.8 Å². The molecule has 2 unspecified atom stereocenters. The van der Waals surface area contributed by atoms with Crippen molar-refractivity contribution in [1.82, 2.24) is 0 Å². The number of halogens is 2. The molecular weight excluding hydrogens is 183 g/mol. The van der Waals surface area contributed by atoms with E-state index in [1.165, 1.54) is 12.8 Å². The highest BCUT2D eigenvalue weighted by atomic mass is 35.5. The molecule has 2 atom stereocenters. The zero-order valence-electron chi connectivity index (χ0n) is 7.25. The fourth-order valence-electron chi connectivity index (χ4n) is 0.703. The molecule has 4 heteroatoms. The molecule has 0 saturated heterocycles. The van der Waals surface area contributed by atoms with E-state index in [1.807, 2.05) is 6.92 Å². The van der Waals surface area contributed by atoms with Crippen molar-refractivity contribution in [3.63, 3.8) is 0 Å². The predicted molar refractivity (Wildman–Crippen MR) is 55.6 cm³/mol. The average molecular weight is 203 g/mol. The van der Waals surface area contributed by atoms with Crippen molar-refractivity contribution in [2.75, 3.05) is 0 Å². The number of hydrogen-bond donors (Lipinski definition) is 2. The summed E-state index contributed by atoms with van der Waals surface area (Å²) in [5.74, 6) is 0. The average Bonchev–Trinajstić information content (AvgIpc) is 1.82. The van der Waals surface area contributed by atoms with Crippen molar-refractivity contribution in [2.24, 2.45) is 11.5 Å². The molecule has 0 fully saturated rings. The first-order valence-electron chi connectivity index (χ1n) is 3.69. The Morgan fingerprint density at radius 2 is 1.64 bits per heavy atom. The summed E-state index contributed by atoms with van der Waals surface area (Å²) in [5, 5.41) is 0. The SMILES string of the molecule is CCCCC(N)C(C)N.Cl.Cl. The number of unbranched alkanes of at least 4 members (excludes halogenated alkanes) is 1. The van der Waals surface area contributed by atoms with Crippen molar-refractivity contribution in [3.8, 4) is 0 Å². The lowest BCUT2D eigenvalue weighted by Crippen LogP contribution is -2.38. The predicted octanol–water partition coefficient (Wildman–Crippen LogP) is 1.69. The summed E-state index contributed by atoms with van der Waals surface area (Å²) in [7, 11) is 0. The van der Waals surface area contributed by atoms with Crippen molar-refractivity contribution >= 4 is 24.8 Å². The van der Waals surface area contributed by atoms with Crippen LogP contribution in [0.25, 0.3) is 0 Å². The molecule has 2 nitrogen and oxygen atoms in total. The van der Waals surface area contributed by atoms with Gasteiger partial charge in [-0.1, -0.05) is 19.8 Å². The Hall–Kier alpha value is 0.500. The summed E-state index contributed by atoms with van der Waals surface area (Å²) in [6, 6.07) is 0.349. The summed E-state index contributed by atoms with van der Waals surface area (Å²) in [6.07, 6.45) is 3.47. The molecule has 4 N–H and O–H groups in total. The Morgan fingerprint density at radius 1 is 1.18 bits per heavy atom. The first kappa shape index (κ1) is 17.5. The highest BCUT2D eigenvalue weighted by Crippen LogP contribution is 1.99. The molecule has 0 spiro atoms. The lowest BCUT2D eigenvalue weighted by atomic mass is 10.1. The zero-order valence-corrected chi connectivity index (χ0v) is 8.88. The second kappa shape index (κ2) is 10.5. The Labute approximate surface area is 81.9 Å². The molecule has 0 radical (unpaired) electrons. The van der Waals surface area contributed by atoms with E-state index >= 15 is 0 Å². The maximum absolute atomic E-state index is 5.68. The third kappa shape index (κ3) is 10.5. The highest BCUT2D eigenvalue weighted by Gasteiger charge is 2.05. The van der Waals surface area contributed by atoms with Crippen molar-refractivity contribution < 1.29 is 0 Å². The van der Waals surface area contributed by atoms with Gasteiger partial charge in [-0.3, -0.25) is 0 Å². The second-order valence-electron chi connectivity index (χ2n) is 2.67. The first-order chi connectivity index (χ1) is 4.18. The molecule has 0 aliphatic carbocycles. The van der Waals surface area contributed by atoms with Gasteiger partial charge in [-0.2, -0.15) is 0 Å². The van der Waals surface area contributed by atoms with Crippen LogP contribution in [0.15, 0.2) is 0 Å². The summed E-state index contributed by atoms with van der Waals surface area (Å²) < 4.78 is 0. The summed E-state index contributed by atoms with van der Waals surface area (Å²) in [5.41, 5.74) is 11.2. The molecule has 0 aliphatic rings. The quantitative estimate of drug-likeness (QED) is 0.730. The topological polar surface area (TPSA) is 52.0 Å². The van der Waals surface area contributed by atoms with E-state index in [4.69, 9.17) is 11.5 Å². The smallest absolute Gasteiger partial charge is 0.0189 e. The maximum atomic E-state index is 5.68. The Balaban J connectivity index is -0.000000320. The van der Waals surface area contributed by atoms with Crippen molar-refractivity contribution in [1.29, 1.82) is 0 Å². The van der Waals surface area contributed by atoms with E-state index < -0.39 is 0 Å². The summed E-state index contributed by atoms with van der Waals surface area (Å²) in [6.45, 7) is 4.12. The molecule has 72 valence electrons. The van der Waals surface area contributed by atoms with Gasteiger partial charge in [0.25, 0.3) is 0 Å². The van der Waals surface area contributed by atoms with Crippen LogP contribution in [0, 0.1) is 0 Å². The van der Waals surface area contributed by atoms with Gasteiger partial charge in [0.2, 0.25) is 0 Å². The van der Waals surface area contributed by atoms with Crippen LogP contribution in [-0.4, -0.2) is 12.1 Å². The molecule has 0 saturated carbocycles. The van der Waals surface area contributed by atoms with Gasteiger partial charge in [0.15, 0.2) is 0 Å². The fraction of sp³-hybridized carbons (Fsp3) is 1.00. The first-order valence-corrected chi connectivity index (χ1v) is 3.69. The van der Waals surface area contributed by atoms with Gasteiger partial charge >= 0.3 is 0 Å². The molecule has 0 aromatic carbocycles. The van der Waals surface area contributed by atoms with E-state index in [2.05, 4.69) is 6.92 Å². The van der Waals surface area contributed by atoms with Crippen LogP contribution in [0.3, 0.4) is 0 Å². The molecule has 0 bridgehead atoms. The molecule has 0 amide bonds. The van der Waals surface area contributed by atoms with Gasteiger partial charge in [0.05, 0.1) is 0 Å². The Kier molecular flexibility index (Phi) is 16.8. The minimum atomic E-state index is 0. The molecule has 11 heavy (non-hydrogen) atoms. The van der Waals surface area contributed by atoms with Crippen LogP contribution >= 0.6 is 24.8 Å². The third-order valence-electron chi connectivity index (χ3n) is 1.57. The standard InChI is InChI=1S/C7H18N2.2ClH/c1-3-4-5-7(9)6(2)8;;/h6-7H,3-5,8-9H2,1-2H3;2*1H. The van der Waals surface area contributed by atoms with Crippen molar-refractivity contribution in [3.05, 3.63) is 0 Å². The minimum absolute atomic E-state index is 0. The monoisotopic (exact) mass is 202 g/mol. The van der Waals surface area contributed by atoms with E-state index in [1.54, 1.807) is 0 Å². The maximum Gasteiger partial charge on any atom is 0.0189 e. The fourth-order valence-corrected chi connectivity index (χ4v) is 0.703. The largest absolute Gasteiger partial charge is 0.327 e. The zero-order chi connectivity index (χ0) is 7.28. The molecular formula is C7H20Cl2N2. The lowest BCUT2D eigenvalue weighted by Gasteiger charge is -2.13. The Morgan fingerprint density at radius 3 is 1.91 bits per heavy atom. The van der Waals surface area contributed by atoms with Gasteiger partial charge < -0.3 is 11.5 Å². The third-order valence-corrected chi connectivity index (χ3v) is 1.57. The normalized spacial score (nSPS) is 14.2. The van der Waals surface area contributed by atoms with Crippen LogP contribution in [0.5, 0.6) is 0 Å². The number of hydrogen-bond acceptors (Lipinski definition) is 2. The van der Waals surface area contributed by atoms with E-state index in [0.717, 1.165) is 6.42 Å². The molecule has 0 aliphatic heterocycles. The summed E-state index contributed by atoms with van der Waals surface area (Å²) >= 11 is 0. The van der Waals surface area contributed by atoms with Crippen LogP contribution in [0.2, 0.25) is 0 Å². The number of nitrogens with two attached hydrogens (primary N) is 2. The molecule has 0 heterocycles. The van der Waals surface area contributed by atoms with E-state index in [0.29, 0.717) is 0 Å². The second-order valence-corrected chi connectivity index (χ2v) is 2.67. The van der Waals surface area contributed by atoms with Crippen LogP contribution < -0.4 is 11.5 Å². The van der Waals surface area contributed by atoms with Gasteiger partial charge in [0, 0.05) is 12.1 Å². The van der Waals surface area contributed by atoms with Crippen LogP contribution in [0.4, 0.5) is 0 Å². The van der Waals surface area contributed by atoms with Gasteiger partial charge in [-0.25, -0.2) is 0 Å². The highest BCUT2D eigenvalue weighted by molar-refractivity contribution is 5.85.